The number of hydrogen-bond donors (Lipinski definition) is 0. The van der Waals surface area contributed by atoms with Crippen molar-refractivity contribution >= 4 is 24.5 Å². The van der Waals surface area contributed by atoms with Gasteiger partial charge in [-0.25, -0.2) is 0 Å². The molecule has 0 aliphatic heterocycles. The molecule has 0 aromatic heterocycles. The summed E-state index contributed by atoms with van der Waals surface area (Å²) in [6.45, 7) is 0.892. The highest BCUT2D eigenvalue weighted by atomic mass is 31.1. The first-order valence-corrected chi connectivity index (χ1v) is 7.43. The molecule has 0 aliphatic rings. The minimum atomic E-state index is -4.48. The van der Waals surface area contributed by atoms with Crippen molar-refractivity contribution in [3.63, 3.8) is 0 Å². The average Bonchev–Trinajstić information content (AvgIpc) is 2.48. The van der Waals surface area contributed by atoms with E-state index in [9.17, 15) is 13.2 Å². The molecule has 2 aromatic carbocycles. The Bertz CT molecular complexity index is 560. The third kappa shape index (κ3) is 4.30. The predicted molar refractivity (Wildman–Crippen MR) is 79.3 cm³/mol. The molecular weight excluding hydrogens is 298 g/mol. The van der Waals surface area contributed by atoms with E-state index in [2.05, 4.69) is 5.16 Å². The van der Waals surface area contributed by atoms with Crippen LogP contribution in [0.1, 0.15) is 6.92 Å². The lowest BCUT2D eigenvalue weighted by molar-refractivity contribution is -0.0608. The molecule has 0 fully saturated rings. The second-order valence-electron chi connectivity index (χ2n) is 4.22. The van der Waals surface area contributed by atoms with Crippen molar-refractivity contribution in [1.29, 1.82) is 0 Å². The molecule has 6 heteroatoms. The molecule has 0 spiro atoms. The normalized spacial score (nSPS) is 12.5. The molecule has 0 bridgehead atoms. The zero-order valence-electron chi connectivity index (χ0n) is 11.2. The number of alkyl halides is 3. The van der Waals surface area contributed by atoms with E-state index in [1.165, 1.54) is 0 Å². The van der Waals surface area contributed by atoms with E-state index >= 15 is 0 Å². The summed E-state index contributed by atoms with van der Waals surface area (Å²) in [6.07, 6.45) is -4.48. The molecule has 0 aliphatic carbocycles. The Kier molecular flexibility index (Phi) is 4.97. The van der Waals surface area contributed by atoms with Gasteiger partial charge in [0.25, 0.3) is 0 Å². The fourth-order valence-corrected chi connectivity index (χ4v) is 3.10. The lowest BCUT2D eigenvalue weighted by Crippen LogP contribution is -2.20. The van der Waals surface area contributed by atoms with Gasteiger partial charge in [-0.1, -0.05) is 65.8 Å². The van der Waals surface area contributed by atoms with E-state index in [-0.39, 0.29) is 0 Å². The first kappa shape index (κ1) is 15.5. The quantitative estimate of drug-likeness (QED) is 0.475. The van der Waals surface area contributed by atoms with Crippen LogP contribution >= 0.6 is 8.15 Å². The van der Waals surface area contributed by atoms with Crippen LogP contribution in [0, 0.1) is 0 Å². The van der Waals surface area contributed by atoms with Gasteiger partial charge in [-0.2, -0.15) is 13.2 Å². The minimum absolute atomic E-state index is 0.803. The van der Waals surface area contributed by atoms with E-state index < -0.39 is 20.0 Å². The molecule has 0 saturated heterocycles. The molecule has 0 atom stereocenters. The van der Waals surface area contributed by atoms with Gasteiger partial charge in [0.05, 0.1) is 0 Å². The Hall–Kier alpha value is -1.87. The average molecular weight is 311 g/mol. The van der Waals surface area contributed by atoms with Crippen LogP contribution < -0.4 is 10.6 Å². The van der Waals surface area contributed by atoms with Crippen LogP contribution in [0.5, 0.6) is 0 Å². The number of halogens is 3. The molecule has 2 nitrogen and oxygen atoms in total. The van der Waals surface area contributed by atoms with E-state index in [1.807, 2.05) is 60.7 Å². The fourth-order valence-electron chi connectivity index (χ4n) is 1.52. The summed E-state index contributed by atoms with van der Waals surface area (Å²) in [5.41, 5.74) is -0.998. The maximum atomic E-state index is 12.5. The van der Waals surface area contributed by atoms with Gasteiger partial charge in [-0.15, -0.1) is 0 Å². The molecule has 2 rings (SSSR count). The summed E-state index contributed by atoms with van der Waals surface area (Å²) >= 11 is 0. The molecule has 110 valence electrons. The van der Waals surface area contributed by atoms with Gasteiger partial charge in [0.15, 0.2) is 13.9 Å². The van der Waals surface area contributed by atoms with Crippen LogP contribution in [-0.2, 0) is 4.62 Å². The predicted octanol–water partition coefficient (Wildman–Crippen LogP) is 3.99. The van der Waals surface area contributed by atoms with Gasteiger partial charge in [-0.05, 0) is 6.92 Å². The van der Waals surface area contributed by atoms with E-state index in [0.29, 0.717) is 0 Å². The van der Waals surface area contributed by atoms with Gasteiger partial charge in [-0.3, -0.25) is 0 Å². The van der Waals surface area contributed by atoms with Crippen LogP contribution in [0.3, 0.4) is 0 Å². The molecular formula is C15H13F3NOP. The molecule has 0 heterocycles. The van der Waals surface area contributed by atoms with Crippen molar-refractivity contribution in [3.05, 3.63) is 60.7 Å². The number of rotatable bonds is 4. The number of hydrogen-bond acceptors (Lipinski definition) is 2. The zero-order chi connectivity index (χ0) is 15.3. The topological polar surface area (TPSA) is 21.6 Å². The van der Waals surface area contributed by atoms with Gasteiger partial charge < -0.3 is 4.62 Å². The van der Waals surface area contributed by atoms with E-state index in [4.69, 9.17) is 4.62 Å². The van der Waals surface area contributed by atoms with E-state index in [1.54, 1.807) is 0 Å². The standard InChI is InChI=1S/C15H13F3NOP/c1-12(15(16,17)18)19-20-21(13-8-4-2-5-9-13)14-10-6-3-7-11-14/h2-11H,1H3. The Labute approximate surface area is 122 Å². The third-order valence-corrected chi connectivity index (χ3v) is 4.43. The van der Waals surface area contributed by atoms with Crippen molar-refractivity contribution < 1.29 is 17.8 Å². The maximum absolute atomic E-state index is 12.5. The molecule has 0 radical (unpaired) electrons. The van der Waals surface area contributed by atoms with Crippen LogP contribution in [-0.4, -0.2) is 11.9 Å². The molecule has 2 aromatic rings. The third-order valence-electron chi connectivity index (χ3n) is 2.65. The highest BCUT2D eigenvalue weighted by molar-refractivity contribution is 7.68. The van der Waals surface area contributed by atoms with Crippen LogP contribution in [0.2, 0.25) is 0 Å². The Morgan fingerprint density at radius 3 is 1.71 bits per heavy atom. The highest BCUT2D eigenvalue weighted by Gasteiger charge is 2.33. The van der Waals surface area contributed by atoms with Crippen LogP contribution in [0.25, 0.3) is 0 Å². The summed E-state index contributed by atoms with van der Waals surface area (Å²) in [5, 5.41) is 4.88. The largest absolute Gasteiger partial charge is 0.432 e. The van der Waals surface area contributed by atoms with Crippen molar-refractivity contribution in [1.82, 2.24) is 0 Å². The lowest BCUT2D eigenvalue weighted by atomic mass is 10.4. The number of oxime groups is 1. The first-order chi connectivity index (χ1) is 9.98. The molecule has 0 saturated carbocycles. The smallest absolute Gasteiger partial charge is 0.367 e. The SMILES string of the molecule is CC(=NOP(c1ccccc1)c1ccccc1)C(F)(F)F. The zero-order valence-corrected chi connectivity index (χ0v) is 12.1. The Morgan fingerprint density at radius 1 is 0.905 bits per heavy atom. The second kappa shape index (κ2) is 6.72. The van der Waals surface area contributed by atoms with Crippen LogP contribution in [0.15, 0.2) is 65.8 Å². The van der Waals surface area contributed by atoms with Crippen molar-refractivity contribution in [2.45, 2.75) is 13.1 Å². The monoisotopic (exact) mass is 311 g/mol. The molecule has 0 N–H and O–H groups in total. The molecule has 21 heavy (non-hydrogen) atoms. The molecule has 0 unspecified atom stereocenters. The lowest BCUT2D eigenvalue weighted by Gasteiger charge is -2.16. The van der Waals surface area contributed by atoms with E-state index in [0.717, 1.165) is 17.5 Å². The number of benzene rings is 2. The highest BCUT2D eigenvalue weighted by Crippen LogP contribution is 2.35. The van der Waals surface area contributed by atoms with Crippen molar-refractivity contribution in [2.75, 3.05) is 0 Å². The Balaban J connectivity index is 2.30. The maximum Gasteiger partial charge on any atom is 0.432 e. The minimum Gasteiger partial charge on any atom is -0.367 e. The van der Waals surface area contributed by atoms with Gasteiger partial charge >= 0.3 is 6.18 Å². The summed E-state index contributed by atoms with van der Waals surface area (Å²) in [5.74, 6) is 0. The van der Waals surface area contributed by atoms with Crippen molar-refractivity contribution in [2.24, 2.45) is 5.16 Å². The summed E-state index contributed by atoms with van der Waals surface area (Å²) in [7, 11) is -1.42. The number of nitrogens with zero attached hydrogens (tertiary/aromatic N) is 1. The molecule has 0 amide bonds. The van der Waals surface area contributed by atoms with Gasteiger partial charge in [0.1, 0.15) is 0 Å². The summed E-state index contributed by atoms with van der Waals surface area (Å²) in [6, 6.07) is 18.2. The fraction of sp³-hybridized carbons (Fsp3) is 0.133. The summed E-state index contributed by atoms with van der Waals surface area (Å²) in [4.78, 5) is 0. The van der Waals surface area contributed by atoms with Gasteiger partial charge in [0.2, 0.25) is 0 Å². The van der Waals surface area contributed by atoms with Crippen molar-refractivity contribution in [3.8, 4) is 0 Å². The van der Waals surface area contributed by atoms with Crippen LogP contribution in [0.4, 0.5) is 13.2 Å². The Morgan fingerprint density at radius 2 is 1.33 bits per heavy atom. The first-order valence-electron chi connectivity index (χ1n) is 6.17. The van der Waals surface area contributed by atoms with Gasteiger partial charge in [0, 0.05) is 10.6 Å². The summed E-state index contributed by atoms with van der Waals surface area (Å²) < 4.78 is 42.7. The second-order valence-corrected chi connectivity index (χ2v) is 6.01.